The molecule has 114 valence electrons. The Balaban J connectivity index is 1.87. The number of nitrogen functional groups attached to an aromatic ring is 1. The Morgan fingerprint density at radius 2 is 1.90 bits per heavy atom. The number of nitrogens with zero attached hydrogens (tertiary/aromatic N) is 2. The van der Waals surface area contributed by atoms with E-state index in [2.05, 4.69) is 20.8 Å². The van der Waals surface area contributed by atoms with Gasteiger partial charge in [-0.05, 0) is 25.2 Å². The van der Waals surface area contributed by atoms with Crippen LogP contribution in [0.25, 0.3) is 0 Å². The van der Waals surface area contributed by atoms with Gasteiger partial charge >= 0.3 is 5.97 Å². The predicted octanol–water partition coefficient (Wildman–Crippen LogP) is 0.962. The number of esters is 1. The van der Waals surface area contributed by atoms with Crippen LogP contribution >= 0.6 is 15.9 Å². The molecule has 0 spiro atoms. The fraction of sp³-hybridized carbons (Fsp3) is 0.429. The number of ether oxygens (including phenoxy) is 1. The van der Waals surface area contributed by atoms with Crippen LogP contribution in [0.3, 0.4) is 0 Å². The monoisotopic (exact) mass is 355 g/mol. The molecule has 0 saturated carbocycles. The average Bonchev–Trinajstić information content (AvgIpc) is 2.44. The van der Waals surface area contributed by atoms with E-state index in [1.54, 1.807) is 17.0 Å². The highest BCUT2D eigenvalue weighted by molar-refractivity contribution is 9.10. The lowest BCUT2D eigenvalue weighted by molar-refractivity contribution is -0.136. The molecule has 0 unspecified atom stereocenters. The lowest BCUT2D eigenvalue weighted by Crippen LogP contribution is -2.48. The summed E-state index contributed by atoms with van der Waals surface area (Å²) in [6.45, 7) is 2.76. The summed E-state index contributed by atoms with van der Waals surface area (Å²) in [6, 6.07) is 4.82. The summed E-state index contributed by atoms with van der Waals surface area (Å²) >= 11 is 3.26. The molecular weight excluding hydrogens is 338 g/mol. The maximum absolute atomic E-state index is 12.0. The lowest BCUT2D eigenvalue weighted by Gasteiger charge is -2.32. The van der Waals surface area contributed by atoms with Crippen LogP contribution in [0.2, 0.25) is 0 Å². The van der Waals surface area contributed by atoms with Crippen molar-refractivity contribution < 1.29 is 14.3 Å². The Labute approximate surface area is 132 Å². The molecule has 1 aliphatic heterocycles. The molecular formula is C14H18BrN3O3. The Morgan fingerprint density at radius 3 is 2.52 bits per heavy atom. The van der Waals surface area contributed by atoms with Gasteiger partial charge < -0.3 is 20.3 Å². The summed E-state index contributed by atoms with van der Waals surface area (Å²) in [5, 5.41) is 0. The molecule has 0 aromatic heterocycles. The van der Waals surface area contributed by atoms with Crippen molar-refractivity contribution >= 4 is 33.5 Å². The highest BCUT2D eigenvalue weighted by Gasteiger charge is 2.20. The minimum absolute atomic E-state index is 0.167. The van der Waals surface area contributed by atoms with E-state index < -0.39 is 5.97 Å². The largest absolute Gasteiger partial charge is 0.452 e. The fourth-order valence-corrected chi connectivity index (χ4v) is 2.60. The molecule has 2 rings (SSSR count). The Kier molecular flexibility index (Phi) is 5.19. The van der Waals surface area contributed by atoms with Crippen LogP contribution in [0.1, 0.15) is 10.4 Å². The van der Waals surface area contributed by atoms with Gasteiger partial charge in [0.05, 0.1) is 5.56 Å². The summed E-state index contributed by atoms with van der Waals surface area (Å²) in [5.41, 5.74) is 6.45. The van der Waals surface area contributed by atoms with E-state index in [1.807, 2.05) is 7.05 Å². The number of carbonyl (C=O) groups is 2. The van der Waals surface area contributed by atoms with Gasteiger partial charge in [0.15, 0.2) is 6.61 Å². The number of benzene rings is 1. The molecule has 7 heteroatoms. The van der Waals surface area contributed by atoms with Gasteiger partial charge in [-0.25, -0.2) is 4.79 Å². The number of anilines is 1. The third kappa shape index (κ3) is 4.44. The van der Waals surface area contributed by atoms with Crippen molar-refractivity contribution in [1.82, 2.24) is 9.80 Å². The number of likely N-dealkylation sites (N-methyl/N-ethyl adjacent to an activating group) is 1. The number of halogens is 1. The summed E-state index contributed by atoms with van der Waals surface area (Å²) < 4.78 is 5.75. The van der Waals surface area contributed by atoms with Gasteiger partial charge in [-0.3, -0.25) is 4.79 Å². The van der Waals surface area contributed by atoms with E-state index in [-0.39, 0.29) is 12.5 Å². The Morgan fingerprint density at radius 1 is 1.24 bits per heavy atom. The van der Waals surface area contributed by atoms with Gasteiger partial charge in [0, 0.05) is 36.3 Å². The summed E-state index contributed by atoms with van der Waals surface area (Å²) in [6.07, 6.45) is 0. The third-order valence-electron chi connectivity index (χ3n) is 3.34. The molecule has 6 nitrogen and oxygen atoms in total. The first-order valence-electron chi connectivity index (χ1n) is 6.65. The van der Waals surface area contributed by atoms with Crippen LogP contribution in [-0.4, -0.2) is 61.5 Å². The van der Waals surface area contributed by atoms with E-state index in [4.69, 9.17) is 10.5 Å². The van der Waals surface area contributed by atoms with Gasteiger partial charge in [0.2, 0.25) is 0 Å². The third-order valence-corrected chi connectivity index (χ3v) is 3.80. The van der Waals surface area contributed by atoms with Crippen LogP contribution < -0.4 is 5.73 Å². The number of rotatable bonds is 3. The van der Waals surface area contributed by atoms with E-state index in [1.165, 1.54) is 6.07 Å². The zero-order chi connectivity index (χ0) is 15.4. The molecule has 1 heterocycles. The molecule has 21 heavy (non-hydrogen) atoms. The molecule has 1 aromatic rings. The molecule has 1 aliphatic rings. The average molecular weight is 356 g/mol. The molecule has 2 N–H and O–H groups in total. The molecule has 1 aromatic carbocycles. The second-order valence-corrected chi connectivity index (χ2v) is 5.95. The first-order chi connectivity index (χ1) is 9.95. The maximum Gasteiger partial charge on any atom is 0.338 e. The predicted molar refractivity (Wildman–Crippen MR) is 82.9 cm³/mol. The van der Waals surface area contributed by atoms with Crippen molar-refractivity contribution in [3.05, 3.63) is 28.2 Å². The van der Waals surface area contributed by atoms with E-state index in [9.17, 15) is 9.59 Å². The van der Waals surface area contributed by atoms with Crippen LogP contribution in [0.15, 0.2) is 22.7 Å². The molecule has 1 saturated heterocycles. The fourth-order valence-electron chi connectivity index (χ4n) is 2.09. The van der Waals surface area contributed by atoms with Gasteiger partial charge in [-0.15, -0.1) is 0 Å². The van der Waals surface area contributed by atoms with Crippen molar-refractivity contribution in [1.29, 1.82) is 0 Å². The quantitative estimate of drug-likeness (QED) is 0.645. The summed E-state index contributed by atoms with van der Waals surface area (Å²) in [7, 11) is 2.01. The SMILES string of the molecule is CN1CCN(C(=O)COC(=O)c2cc(N)cc(Br)c2)CC1. The van der Waals surface area contributed by atoms with Crippen molar-refractivity contribution in [2.45, 2.75) is 0 Å². The van der Waals surface area contributed by atoms with Crippen molar-refractivity contribution in [2.75, 3.05) is 45.6 Å². The molecule has 1 amide bonds. The Bertz CT molecular complexity index is 522. The zero-order valence-corrected chi connectivity index (χ0v) is 13.4. The minimum atomic E-state index is -0.550. The summed E-state index contributed by atoms with van der Waals surface area (Å²) in [4.78, 5) is 27.7. The first-order valence-corrected chi connectivity index (χ1v) is 7.44. The lowest BCUT2D eigenvalue weighted by atomic mass is 10.2. The zero-order valence-electron chi connectivity index (χ0n) is 11.8. The van der Waals surface area contributed by atoms with Gasteiger partial charge in [-0.1, -0.05) is 15.9 Å². The molecule has 0 atom stereocenters. The number of nitrogens with two attached hydrogens (primary N) is 1. The van der Waals surface area contributed by atoms with Gasteiger partial charge in [0.25, 0.3) is 5.91 Å². The normalized spacial score (nSPS) is 15.8. The number of hydrogen-bond donors (Lipinski definition) is 1. The summed E-state index contributed by atoms with van der Waals surface area (Å²) in [5.74, 6) is -0.718. The maximum atomic E-state index is 12.0. The van der Waals surface area contributed by atoms with Crippen molar-refractivity contribution in [3.63, 3.8) is 0 Å². The Hall–Kier alpha value is -1.60. The van der Waals surface area contributed by atoms with Crippen LogP contribution in [-0.2, 0) is 9.53 Å². The van der Waals surface area contributed by atoms with E-state index in [0.717, 1.165) is 13.1 Å². The van der Waals surface area contributed by atoms with Crippen molar-refractivity contribution in [3.8, 4) is 0 Å². The highest BCUT2D eigenvalue weighted by atomic mass is 79.9. The first kappa shape index (κ1) is 15.8. The second-order valence-electron chi connectivity index (χ2n) is 5.03. The number of amides is 1. The topological polar surface area (TPSA) is 75.9 Å². The van der Waals surface area contributed by atoms with Gasteiger partial charge in [-0.2, -0.15) is 0 Å². The second kappa shape index (κ2) is 6.91. The van der Waals surface area contributed by atoms with Crippen molar-refractivity contribution in [2.24, 2.45) is 0 Å². The molecule has 1 fully saturated rings. The van der Waals surface area contributed by atoms with Crippen LogP contribution in [0, 0.1) is 0 Å². The molecule has 0 bridgehead atoms. The van der Waals surface area contributed by atoms with Crippen LogP contribution in [0.5, 0.6) is 0 Å². The number of piperazine rings is 1. The highest BCUT2D eigenvalue weighted by Crippen LogP contribution is 2.18. The number of hydrogen-bond acceptors (Lipinski definition) is 5. The standard InChI is InChI=1S/C14H18BrN3O3/c1-17-2-4-18(5-3-17)13(19)9-21-14(20)10-6-11(15)8-12(16)7-10/h6-8H,2-5,9,16H2,1H3. The molecule has 0 aliphatic carbocycles. The van der Waals surface area contributed by atoms with E-state index in [0.29, 0.717) is 28.8 Å². The number of carbonyl (C=O) groups excluding carboxylic acids is 2. The smallest absolute Gasteiger partial charge is 0.338 e. The van der Waals surface area contributed by atoms with E-state index >= 15 is 0 Å². The minimum Gasteiger partial charge on any atom is -0.452 e. The van der Waals surface area contributed by atoms with Gasteiger partial charge in [0.1, 0.15) is 0 Å². The molecule has 0 radical (unpaired) electrons. The van der Waals surface area contributed by atoms with Crippen LogP contribution in [0.4, 0.5) is 5.69 Å².